The minimum Gasteiger partial charge on any atom is -0.494 e. The number of alkyl carbamates (subject to hydrolysis) is 1. The van der Waals surface area contributed by atoms with E-state index in [0.29, 0.717) is 48.6 Å². The molecule has 0 bridgehead atoms. The molecule has 2 aliphatic heterocycles. The summed E-state index contributed by atoms with van der Waals surface area (Å²) in [6, 6.07) is 1.82. The molecule has 3 N–H and O–H groups in total. The molecular weight excluding hydrogens is 734 g/mol. The molecule has 1 aromatic heterocycles. The Balaban J connectivity index is 1.37. The van der Waals surface area contributed by atoms with Gasteiger partial charge in [-0.05, 0) is 89.3 Å². The lowest BCUT2D eigenvalue weighted by molar-refractivity contribution is -0.142. The summed E-state index contributed by atoms with van der Waals surface area (Å²) >= 11 is 0. The molecule has 3 heterocycles. The van der Waals surface area contributed by atoms with E-state index in [4.69, 9.17) is 14.2 Å². The van der Waals surface area contributed by atoms with E-state index in [1.807, 2.05) is 19.1 Å². The van der Waals surface area contributed by atoms with Crippen LogP contribution >= 0.6 is 0 Å². The maximum absolute atomic E-state index is 14.8. The number of nitrogens with one attached hydrogen (secondary N) is 3. The number of ether oxygens (including phenoxy) is 3. The van der Waals surface area contributed by atoms with E-state index in [2.05, 4.69) is 27.3 Å². The number of benzene rings is 1. The highest BCUT2D eigenvalue weighted by Gasteiger charge is 2.63. The Morgan fingerprint density at radius 1 is 1.16 bits per heavy atom. The highest BCUT2D eigenvalue weighted by molar-refractivity contribution is 7.91. The summed E-state index contributed by atoms with van der Waals surface area (Å²) in [5.74, 6) is -2.79. The number of aromatic nitrogens is 1. The van der Waals surface area contributed by atoms with Crippen LogP contribution in [-0.2, 0) is 29.1 Å². The van der Waals surface area contributed by atoms with Crippen molar-refractivity contribution in [2.24, 2.45) is 17.8 Å². The molecule has 4 aliphatic rings. The number of carbonyl (C=O) groups is 4. The zero-order valence-corrected chi connectivity index (χ0v) is 33.0. The van der Waals surface area contributed by atoms with E-state index in [0.717, 1.165) is 6.42 Å². The van der Waals surface area contributed by atoms with Crippen molar-refractivity contribution < 1.29 is 46.2 Å². The molecule has 2 aromatic rings. The van der Waals surface area contributed by atoms with Gasteiger partial charge < -0.3 is 29.7 Å². The molecule has 0 spiro atoms. The van der Waals surface area contributed by atoms with Crippen LogP contribution in [0.3, 0.4) is 0 Å². The van der Waals surface area contributed by atoms with Crippen LogP contribution in [0, 0.1) is 23.6 Å². The number of fused-ring (bicyclic) bond motifs is 3. The Bertz CT molecular complexity index is 1970. The van der Waals surface area contributed by atoms with Gasteiger partial charge in [0.25, 0.3) is 5.91 Å². The van der Waals surface area contributed by atoms with Crippen molar-refractivity contribution in [3.8, 4) is 11.6 Å². The summed E-state index contributed by atoms with van der Waals surface area (Å²) in [5, 5.41) is 6.53. The standard InChI is InChI=1S/C39H52FN5O9S/c1-7-24-16-23(4)10-8-9-11-25-19-39(25,36(48)44-55(50,51)38(5)14-15-38)43-33(46)30-18-27(21-45(30)35(47)32(24)42-37(49)53-22(2)3)54-34-29-17-26(40)12-13-28(29)31(52-6)20-41-34/h9,11-13,17,20,22-25,27,30,32H,7-8,10,14-16,18-19,21H2,1-6H3,(H,42,49)(H,43,46)(H,44,48). The Morgan fingerprint density at radius 3 is 2.58 bits per heavy atom. The molecule has 1 saturated heterocycles. The molecule has 2 saturated carbocycles. The van der Waals surface area contributed by atoms with Gasteiger partial charge in [0.05, 0.1) is 36.1 Å². The molecule has 0 radical (unpaired) electrons. The van der Waals surface area contributed by atoms with Crippen LogP contribution in [0.25, 0.3) is 10.8 Å². The van der Waals surface area contributed by atoms with E-state index < -0.39 is 80.2 Å². The summed E-state index contributed by atoms with van der Waals surface area (Å²) in [5.41, 5.74) is -1.57. The first-order chi connectivity index (χ1) is 26.0. The summed E-state index contributed by atoms with van der Waals surface area (Å²) in [6.45, 7) is 8.87. The van der Waals surface area contributed by atoms with Gasteiger partial charge in [-0.1, -0.05) is 32.4 Å². The number of amides is 4. The van der Waals surface area contributed by atoms with Crippen LogP contribution in [0.15, 0.2) is 36.5 Å². The monoisotopic (exact) mass is 785 g/mol. The second-order valence-corrected chi connectivity index (χ2v) is 18.2. The van der Waals surface area contributed by atoms with E-state index in [1.165, 1.54) is 30.3 Å². The van der Waals surface area contributed by atoms with E-state index in [-0.39, 0.29) is 37.1 Å². The molecule has 6 rings (SSSR count). The molecule has 4 amide bonds. The Hall–Kier alpha value is -4.47. The molecule has 7 atom stereocenters. The fourth-order valence-electron chi connectivity index (χ4n) is 7.77. The lowest BCUT2D eigenvalue weighted by atomic mass is 9.85. The van der Waals surface area contributed by atoms with Crippen molar-refractivity contribution in [1.82, 2.24) is 25.2 Å². The van der Waals surface area contributed by atoms with Gasteiger partial charge in [-0.3, -0.25) is 19.1 Å². The number of rotatable bonds is 9. The fraction of sp³-hybridized carbons (Fsp3) is 0.615. The number of pyridine rings is 1. The summed E-state index contributed by atoms with van der Waals surface area (Å²) < 4.78 is 59.2. The highest BCUT2D eigenvalue weighted by atomic mass is 32.2. The quantitative estimate of drug-likeness (QED) is 0.306. The number of allylic oxidation sites excluding steroid dienone is 1. The molecule has 300 valence electrons. The lowest BCUT2D eigenvalue weighted by Gasteiger charge is -2.34. The molecule has 7 unspecified atom stereocenters. The third kappa shape index (κ3) is 8.38. The van der Waals surface area contributed by atoms with Crippen LogP contribution in [0.1, 0.15) is 86.0 Å². The van der Waals surface area contributed by atoms with Gasteiger partial charge in [0.15, 0.2) is 0 Å². The van der Waals surface area contributed by atoms with Crippen molar-refractivity contribution in [2.75, 3.05) is 13.7 Å². The minimum atomic E-state index is -4.02. The predicted molar refractivity (Wildman–Crippen MR) is 201 cm³/mol. The number of hydrogen-bond acceptors (Lipinski definition) is 10. The molecule has 1 aromatic carbocycles. The third-order valence-corrected chi connectivity index (χ3v) is 13.7. The predicted octanol–water partition coefficient (Wildman–Crippen LogP) is 4.51. The zero-order valence-electron chi connectivity index (χ0n) is 32.2. The third-order valence-electron chi connectivity index (χ3n) is 11.5. The molecule has 16 heteroatoms. The van der Waals surface area contributed by atoms with Crippen LogP contribution < -0.4 is 24.8 Å². The Labute approximate surface area is 321 Å². The average molecular weight is 786 g/mol. The number of nitrogens with zero attached hydrogens (tertiary/aromatic N) is 2. The average Bonchev–Trinajstić information content (AvgIpc) is 4.01. The summed E-state index contributed by atoms with van der Waals surface area (Å²) in [7, 11) is -2.56. The van der Waals surface area contributed by atoms with Crippen LogP contribution in [0.2, 0.25) is 0 Å². The van der Waals surface area contributed by atoms with Crippen molar-refractivity contribution in [3.05, 3.63) is 42.4 Å². The number of hydrogen-bond donors (Lipinski definition) is 3. The summed E-state index contributed by atoms with van der Waals surface area (Å²) in [4.78, 5) is 62.0. The smallest absolute Gasteiger partial charge is 0.408 e. The van der Waals surface area contributed by atoms with Gasteiger partial charge in [0.1, 0.15) is 35.3 Å². The number of methoxy groups -OCH3 is 1. The number of sulfonamides is 1. The van der Waals surface area contributed by atoms with E-state index in [9.17, 15) is 32.0 Å². The Morgan fingerprint density at radius 2 is 1.91 bits per heavy atom. The van der Waals surface area contributed by atoms with Gasteiger partial charge in [0, 0.05) is 17.7 Å². The van der Waals surface area contributed by atoms with E-state index >= 15 is 0 Å². The largest absolute Gasteiger partial charge is 0.494 e. The number of halogens is 1. The van der Waals surface area contributed by atoms with Crippen LogP contribution in [-0.4, -0.2) is 90.3 Å². The molecule has 14 nitrogen and oxygen atoms in total. The van der Waals surface area contributed by atoms with Crippen molar-refractivity contribution >= 4 is 44.6 Å². The van der Waals surface area contributed by atoms with Crippen molar-refractivity contribution in [3.63, 3.8) is 0 Å². The van der Waals surface area contributed by atoms with Crippen LogP contribution in [0.4, 0.5) is 9.18 Å². The number of carbonyl (C=O) groups excluding carboxylic acids is 4. The van der Waals surface area contributed by atoms with Gasteiger partial charge in [-0.25, -0.2) is 22.6 Å². The van der Waals surface area contributed by atoms with Crippen LogP contribution in [0.5, 0.6) is 11.6 Å². The topological polar surface area (TPSA) is 182 Å². The zero-order chi connectivity index (χ0) is 39.9. The van der Waals surface area contributed by atoms with Gasteiger partial charge >= 0.3 is 6.09 Å². The highest BCUT2D eigenvalue weighted by Crippen LogP contribution is 2.47. The Kier molecular flexibility index (Phi) is 11.4. The SMILES string of the molecule is CCC1CC(C)CCC=CC2CC2(C(=O)NS(=O)(=O)C2(C)CC2)NC(=O)C2CC(Oc3ncc(OC)c4ccc(F)cc34)CN2C(=O)C1NC(=O)OC(C)C. The normalized spacial score (nSPS) is 29.3. The lowest BCUT2D eigenvalue weighted by Crippen LogP contribution is -2.59. The maximum atomic E-state index is 14.8. The van der Waals surface area contributed by atoms with E-state index in [1.54, 1.807) is 26.8 Å². The summed E-state index contributed by atoms with van der Waals surface area (Å²) in [6.07, 6.45) is 6.66. The fourth-order valence-corrected chi connectivity index (χ4v) is 9.08. The van der Waals surface area contributed by atoms with Crippen molar-refractivity contribution in [1.29, 1.82) is 0 Å². The van der Waals surface area contributed by atoms with Gasteiger partial charge in [0.2, 0.25) is 27.7 Å². The first kappa shape index (κ1) is 40.2. The molecule has 2 aliphatic carbocycles. The molecule has 55 heavy (non-hydrogen) atoms. The second-order valence-electron chi connectivity index (χ2n) is 16.1. The van der Waals surface area contributed by atoms with Gasteiger partial charge in [-0.15, -0.1) is 0 Å². The van der Waals surface area contributed by atoms with Crippen molar-refractivity contribution in [2.45, 2.75) is 121 Å². The maximum Gasteiger partial charge on any atom is 0.408 e. The molecule has 3 fully saturated rings. The van der Waals surface area contributed by atoms with Gasteiger partial charge in [-0.2, -0.15) is 0 Å². The molecular formula is C39H52FN5O9S. The first-order valence-corrected chi connectivity index (χ1v) is 20.6. The first-order valence-electron chi connectivity index (χ1n) is 19.1. The minimum absolute atomic E-state index is 0.0486. The second kappa shape index (κ2) is 15.6.